The molecule has 0 saturated carbocycles. The third kappa shape index (κ3) is 6.01. The lowest BCUT2D eigenvalue weighted by atomic mass is 10.1. The van der Waals surface area contributed by atoms with E-state index in [1.807, 2.05) is 29.2 Å². The number of benzene rings is 1. The van der Waals surface area contributed by atoms with E-state index in [4.69, 9.17) is 30.2 Å². The van der Waals surface area contributed by atoms with Crippen LogP contribution in [0.5, 0.6) is 0 Å². The predicted molar refractivity (Wildman–Crippen MR) is 169 cm³/mol. The van der Waals surface area contributed by atoms with Crippen molar-refractivity contribution in [3.63, 3.8) is 0 Å². The number of nitrogens with two attached hydrogens (primary N) is 1. The molecule has 1 aromatic carbocycles. The molecule has 1 unspecified atom stereocenters. The Morgan fingerprint density at radius 2 is 1.87 bits per heavy atom. The average Bonchev–Trinajstić information content (AvgIpc) is 3.43. The highest BCUT2D eigenvalue weighted by atomic mass is 16.5. The van der Waals surface area contributed by atoms with Crippen molar-refractivity contribution < 1.29 is 14.3 Å². The van der Waals surface area contributed by atoms with E-state index in [9.17, 15) is 14.4 Å². The van der Waals surface area contributed by atoms with Gasteiger partial charge >= 0.3 is 11.7 Å². The van der Waals surface area contributed by atoms with Crippen molar-refractivity contribution in [1.29, 1.82) is 0 Å². The molecule has 2 N–H and O–H groups in total. The largest absolute Gasteiger partial charge is 0.465 e. The molecule has 0 radical (unpaired) electrons. The van der Waals surface area contributed by atoms with E-state index in [1.54, 1.807) is 18.4 Å². The number of aromatic nitrogens is 6. The molecule has 14 nitrogen and oxygen atoms in total. The molecule has 2 aliphatic rings. The van der Waals surface area contributed by atoms with Gasteiger partial charge in [-0.3, -0.25) is 23.3 Å². The monoisotopic (exact) mass is 615 g/mol. The second-order valence-corrected chi connectivity index (χ2v) is 11.1. The molecule has 6 rings (SSSR count). The van der Waals surface area contributed by atoms with Crippen LogP contribution in [0, 0.1) is 11.8 Å². The minimum Gasteiger partial charge on any atom is -0.465 e. The van der Waals surface area contributed by atoms with Gasteiger partial charge in [0.05, 0.1) is 38.4 Å². The summed E-state index contributed by atoms with van der Waals surface area (Å²) < 4.78 is 14.7. The molecule has 0 spiro atoms. The fraction of sp³-hybridized carbons (Fsp3) is 0.484. The molecule has 5 heterocycles. The number of imidazole rings is 1. The van der Waals surface area contributed by atoms with Crippen LogP contribution in [0.1, 0.15) is 32.5 Å². The second-order valence-electron chi connectivity index (χ2n) is 11.1. The van der Waals surface area contributed by atoms with Crippen LogP contribution in [0.25, 0.3) is 22.1 Å². The third-order valence-corrected chi connectivity index (χ3v) is 8.08. The van der Waals surface area contributed by atoms with Crippen LogP contribution in [-0.2, 0) is 33.9 Å². The van der Waals surface area contributed by atoms with Gasteiger partial charge in [-0.25, -0.2) is 14.8 Å². The zero-order valence-corrected chi connectivity index (χ0v) is 25.6. The standard InChI is InChI=1S/C31H37N9O5/c1-3-5-13-38-26-28(35-30(38)37-12-8-9-21(32)18-37)39(20-25(41)45-4-2)31(43)40(29(26)42)19-24-33-23-11-7-6-10-22(23)27(34-24)36-14-16-44-17-15-36/h6-7,10-11,21H,4,8-9,12-20,32H2,1-2H3. The number of anilines is 2. The van der Waals surface area contributed by atoms with E-state index in [0.717, 1.165) is 22.8 Å². The molecule has 0 bridgehead atoms. The first-order valence-electron chi connectivity index (χ1n) is 15.3. The fourth-order valence-electron chi connectivity index (χ4n) is 5.97. The summed E-state index contributed by atoms with van der Waals surface area (Å²) in [6, 6.07) is 7.58. The first-order valence-corrected chi connectivity index (χ1v) is 15.3. The van der Waals surface area contributed by atoms with Crippen LogP contribution in [-0.4, -0.2) is 86.7 Å². The Morgan fingerprint density at radius 3 is 2.62 bits per heavy atom. The Balaban J connectivity index is 1.55. The van der Waals surface area contributed by atoms with E-state index < -0.39 is 23.8 Å². The number of morpholine rings is 1. The van der Waals surface area contributed by atoms with E-state index in [0.29, 0.717) is 56.7 Å². The van der Waals surface area contributed by atoms with E-state index in [-0.39, 0.29) is 42.7 Å². The van der Waals surface area contributed by atoms with E-state index >= 15 is 0 Å². The molecule has 2 aliphatic heterocycles. The highest BCUT2D eigenvalue weighted by Gasteiger charge is 2.28. The molecule has 0 aliphatic carbocycles. The van der Waals surface area contributed by atoms with Crippen LogP contribution in [0.15, 0.2) is 33.9 Å². The zero-order valence-electron chi connectivity index (χ0n) is 25.6. The maximum atomic E-state index is 14.3. The molecule has 4 aromatic rings. The highest BCUT2D eigenvalue weighted by Crippen LogP contribution is 2.26. The number of rotatable bonds is 8. The van der Waals surface area contributed by atoms with Gasteiger partial charge in [-0.15, -0.1) is 5.92 Å². The topological polar surface area (TPSA) is 156 Å². The van der Waals surface area contributed by atoms with Crippen molar-refractivity contribution in [3.05, 3.63) is 50.9 Å². The lowest BCUT2D eigenvalue weighted by molar-refractivity contribution is -0.143. The quantitative estimate of drug-likeness (QED) is 0.220. The maximum absolute atomic E-state index is 14.3. The Bertz CT molecular complexity index is 1910. The number of fused-ring (bicyclic) bond motifs is 2. The zero-order chi connectivity index (χ0) is 31.5. The molecular weight excluding hydrogens is 578 g/mol. The molecule has 2 fully saturated rings. The Labute approximate surface area is 259 Å². The van der Waals surface area contributed by atoms with Gasteiger partial charge in [0.2, 0.25) is 5.95 Å². The predicted octanol–water partition coefficient (Wildman–Crippen LogP) is 0.702. The van der Waals surface area contributed by atoms with E-state index in [1.165, 1.54) is 4.57 Å². The van der Waals surface area contributed by atoms with Gasteiger partial charge in [0, 0.05) is 37.6 Å². The van der Waals surface area contributed by atoms with Crippen molar-refractivity contribution in [2.75, 3.05) is 55.8 Å². The molecule has 14 heteroatoms. The van der Waals surface area contributed by atoms with Crippen molar-refractivity contribution in [2.24, 2.45) is 5.73 Å². The summed E-state index contributed by atoms with van der Waals surface area (Å²) in [5.74, 6) is 6.79. The normalized spacial score (nSPS) is 17.0. The van der Waals surface area contributed by atoms with Crippen LogP contribution in [0.3, 0.4) is 0 Å². The summed E-state index contributed by atoms with van der Waals surface area (Å²) in [5, 5.41) is 0.867. The number of carbonyl (C=O) groups is 1. The lowest BCUT2D eigenvalue weighted by Gasteiger charge is -2.31. The molecule has 0 amide bonds. The van der Waals surface area contributed by atoms with Gasteiger partial charge in [0.25, 0.3) is 5.56 Å². The second kappa shape index (κ2) is 13.1. The number of carbonyl (C=O) groups excluding carboxylic acids is 1. The SMILES string of the molecule is CC#CCn1c(N2CCCC(N)C2)nc2c1c(=O)n(Cc1nc(N3CCOCC3)c3ccccc3n1)c(=O)n2CC(=O)OCC. The molecule has 1 atom stereocenters. The Morgan fingerprint density at radius 1 is 1.07 bits per heavy atom. The summed E-state index contributed by atoms with van der Waals surface area (Å²) in [5.41, 5.74) is 5.95. The van der Waals surface area contributed by atoms with Gasteiger partial charge in [-0.05, 0) is 38.8 Å². The molecule has 2 saturated heterocycles. The first-order chi connectivity index (χ1) is 21.9. The fourth-order valence-corrected chi connectivity index (χ4v) is 5.97. The third-order valence-electron chi connectivity index (χ3n) is 8.08. The van der Waals surface area contributed by atoms with Gasteiger partial charge in [0.1, 0.15) is 12.4 Å². The molecule has 3 aromatic heterocycles. The number of hydrogen-bond acceptors (Lipinski definition) is 11. The lowest BCUT2D eigenvalue weighted by Crippen LogP contribution is -2.44. The first kappa shape index (κ1) is 30.3. The minimum atomic E-state index is -0.710. The van der Waals surface area contributed by atoms with Crippen molar-refractivity contribution in [3.8, 4) is 11.8 Å². The van der Waals surface area contributed by atoms with Crippen LogP contribution in [0.4, 0.5) is 11.8 Å². The number of ether oxygens (including phenoxy) is 2. The van der Waals surface area contributed by atoms with Crippen molar-refractivity contribution >= 4 is 39.8 Å². The van der Waals surface area contributed by atoms with Crippen LogP contribution in [0.2, 0.25) is 0 Å². The summed E-state index contributed by atoms with van der Waals surface area (Å²) in [4.78, 5) is 59.6. The number of hydrogen-bond donors (Lipinski definition) is 1. The van der Waals surface area contributed by atoms with Crippen LogP contribution < -0.4 is 26.8 Å². The van der Waals surface area contributed by atoms with E-state index in [2.05, 4.69) is 16.7 Å². The van der Waals surface area contributed by atoms with Crippen molar-refractivity contribution in [2.45, 2.75) is 52.4 Å². The van der Waals surface area contributed by atoms with Crippen LogP contribution >= 0.6 is 0 Å². The molecule has 45 heavy (non-hydrogen) atoms. The number of nitrogens with zero attached hydrogens (tertiary/aromatic N) is 8. The van der Waals surface area contributed by atoms with Gasteiger partial charge in [-0.2, -0.15) is 4.98 Å². The number of piperidine rings is 1. The maximum Gasteiger partial charge on any atom is 0.333 e. The van der Waals surface area contributed by atoms with Gasteiger partial charge in [0.15, 0.2) is 17.0 Å². The minimum absolute atomic E-state index is 0.0617. The summed E-state index contributed by atoms with van der Waals surface area (Å²) in [7, 11) is 0. The Hall–Kier alpha value is -4.74. The average molecular weight is 616 g/mol. The molecule has 236 valence electrons. The summed E-state index contributed by atoms with van der Waals surface area (Å²) in [6.45, 7) is 6.73. The highest BCUT2D eigenvalue weighted by molar-refractivity contribution is 5.89. The number of esters is 1. The smallest absolute Gasteiger partial charge is 0.333 e. The number of para-hydroxylation sites is 1. The Kier molecular flexibility index (Phi) is 8.81. The summed E-state index contributed by atoms with van der Waals surface area (Å²) >= 11 is 0. The van der Waals surface area contributed by atoms with Gasteiger partial charge < -0.3 is 25.0 Å². The molecular formula is C31H37N9O5. The van der Waals surface area contributed by atoms with Gasteiger partial charge in [-0.1, -0.05) is 18.1 Å². The van der Waals surface area contributed by atoms with Crippen molar-refractivity contribution in [1.82, 2.24) is 28.7 Å². The summed E-state index contributed by atoms with van der Waals surface area (Å²) in [6.07, 6.45) is 1.73.